The second kappa shape index (κ2) is 9.10. The fourth-order valence-electron chi connectivity index (χ4n) is 10.1. The normalized spacial score (nSPS) is 45.9. The van der Waals surface area contributed by atoms with Gasteiger partial charge in [0.1, 0.15) is 11.1 Å². The minimum absolute atomic E-state index is 0.00779. The first-order chi connectivity index (χ1) is 19.8. The van der Waals surface area contributed by atoms with Gasteiger partial charge in [-0.15, -0.1) is 0 Å². The molecule has 8 heteroatoms. The number of carbonyl (C=O) groups excluding carboxylic acids is 3. The number of aliphatic hydroxyl groups excluding tert-OH is 1. The molecule has 9 fully saturated rings. The Kier molecular flexibility index (Phi) is 5.64. The van der Waals surface area contributed by atoms with Crippen molar-refractivity contribution in [2.24, 2.45) is 47.3 Å². The molecule has 2 spiro atoms. The average Bonchev–Trinajstić information content (AvgIpc) is 2.91. The molecule has 0 unspecified atom stereocenters. The quantitative estimate of drug-likeness (QED) is 0.213. The van der Waals surface area contributed by atoms with Crippen LogP contribution in [0.15, 0.2) is 59.6 Å². The van der Waals surface area contributed by atoms with Crippen LogP contribution in [-0.2, 0) is 33.3 Å². The van der Waals surface area contributed by atoms with Crippen LogP contribution in [0, 0.1) is 47.3 Å². The summed E-state index contributed by atoms with van der Waals surface area (Å²) in [7, 11) is 0. The van der Waals surface area contributed by atoms with Gasteiger partial charge in [-0.25, -0.2) is 14.4 Å². The van der Waals surface area contributed by atoms with E-state index in [4.69, 9.17) is 18.9 Å². The standard InChI is InChI=1S/C33H36O8/c34-28-26(29(35)39-32(38-28)22-10-18-8-19(12-22)13-23(32)11-18)6-4-2-1-3-5-7-27-30(36)40-33(41-31(27)37)24-14-20-9-21(16-24)17-25(33)15-20/h1-7,18-25,34H,8-17H2. The van der Waals surface area contributed by atoms with Gasteiger partial charge in [-0.2, -0.15) is 0 Å². The molecule has 0 aromatic rings. The van der Waals surface area contributed by atoms with Crippen LogP contribution in [0.25, 0.3) is 0 Å². The van der Waals surface area contributed by atoms with E-state index < -0.39 is 29.5 Å². The van der Waals surface area contributed by atoms with Crippen molar-refractivity contribution in [1.29, 1.82) is 0 Å². The minimum Gasteiger partial charge on any atom is -0.480 e. The lowest BCUT2D eigenvalue weighted by molar-refractivity contribution is -0.325. The number of allylic oxidation sites excluding steroid dienone is 6. The molecule has 0 amide bonds. The van der Waals surface area contributed by atoms with E-state index in [1.165, 1.54) is 25.0 Å². The maximum absolute atomic E-state index is 12.9. The summed E-state index contributed by atoms with van der Waals surface area (Å²) in [6.07, 6.45) is 21.4. The van der Waals surface area contributed by atoms with Crippen LogP contribution in [0.3, 0.4) is 0 Å². The molecule has 8 bridgehead atoms. The fourth-order valence-corrected chi connectivity index (χ4v) is 10.1. The summed E-state index contributed by atoms with van der Waals surface area (Å²) >= 11 is 0. The largest absolute Gasteiger partial charge is 0.480 e. The van der Waals surface area contributed by atoms with E-state index in [-0.39, 0.29) is 40.8 Å². The van der Waals surface area contributed by atoms with Crippen molar-refractivity contribution in [3.8, 4) is 0 Å². The van der Waals surface area contributed by atoms with Crippen molar-refractivity contribution in [3.63, 3.8) is 0 Å². The molecule has 2 aliphatic heterocycles. The molecule has 2 heterocycles. The molecule has 8 saturated carbocycles. The number of rotatable bonds is 4. The van der Waals surface area contributed by atoms with Crippen molar-refractivity contribution in [3.05, 3.63) is 59.6 Å². The molecule has 0 atom stereocenters. The Labute approximate surface area is 239 Å². The Balaban J connectivity index is 0.899. The van der Waals surface area contributed by atoms with Crippen LogP contribution < -0.4 is 0 Å². The van der Waals surface area contributed by atoms with Crippen molar-refractivity contribution >= 4 is 17.9 Å². The highest BCUT2D eigenvalue weighted by atomic mass is 16.8. The third-order valence-electron chi connectivity index (χ3n) is 11.4. The molecule has 8 aliphatic carbocycles. The summed E-state index contributed by atoms with van der Waals surface area (Å²) in [6, 6.07) is 0. The summed E-state index contributed by atoms with van der Waals surface area (Å²) in [4.78, 5) is 38.6. The van der Waals surface area contributed by atoms with E-state index in [1.54, 1.807) is 30.4 Å². The van der Waals surface area contributed by atoms with Gasteiger partial charge in [0.2, 0.25) is 0 Å². The van der Waals surface area contributed by atoms with E-state index in [1.807, 2.05) is 0 Å². The number of carbonyl (C=O) groups is 3. The Hall–Kier alpha value is -3.29. The van der Waals surface area contributed by atoms with Crippen LogP contribution in [-0.4, -0.2) is 34.6 Å². The lowest BCUT2D eigenvalue weighted by Crippen LogP contribution is -2.63. The van der Waals surface area contributed by atoms with E-state index in [0.29, 0.717) is 23.7 Å². The van der Waals surface area contributed by atoms with E-state index in [0.717, 1.165) is 51.4 Å². The summed E-state index contributed by atoms with van der Waals surface area (Å²) in [6.45, 7) is 0. The molecular weight excluding hydrogens is 524 g/mol. The molecule has 1 saturated heterocycles. The summed E-state index contributed by atoms with van der Waals surface area (Å²) < 4.78 is 23.7. The molecule has 8 nitrogen and oxygen atoms in total. The number of hydrogen-bond donors (Lipinski definition) is 1. The summed E-state index contributed by atoms with van der Waals surface area (Å²) in [5, 5.41) is 10.7. The molecular formula is C33H36O8. The van der Waals surface area contributed by atoms with Crippen LogP contribution >= 0.6 is 0 Å². The van der Waals surface area contributed by atoms with Crippen molar-refractivity contribution < 1.29 is 38.4 Å². The van der Waals surface area contributed by atoms with E-state index in [2.05, 4.69) is 0 Å². The molecule has 10 aliphatic rings. The number of ether oxygens (including phenoxy) is 4. The van der Waals surface area contributed by atoms with E-state index in [9.17, 15) is 19.5 Å². The van der Waals surface area contributed by atoms with Crippen molar-refractivity contribution in [2.45, 2.75) is 75.8 Å². The van der Waals surface area contributed by atoms with Gasteiger partial charge < -0.3 is 24.1 Å². The van der Waals surface area contributed by atoms with Crippen LogP contribution in [0.4, 0.5) is 0 Å². The second-order valence-corrected chi connectivity index (χ2v) is 13.8. The lowest BCUT2D eigenvalue weighted by Gasteiger charge is -2.59. The number of aliphatic hydroxyl groups is 1. The van der Waals surface area contributed by atoms with Crippen LogP contribution in [0.2, 0.25) is 0 Å². The predicted molar refractivity (Wildman–Crippen MR) is 144 cm³/mol. The van der Waals surface area contributed by atoms with Crippen LogP contribution in [0.1, 0.15) is 64.2 Å². The Morgan fingerprint density at radius 1 is 0.537 bits per heavy atom. The first-order valence-corrected chi connectivity index (χ1v) is 15.4. The third-order valence-corrected chi connectivity index (χ3v) is 11.4. The third kappa shape index (κ3) is 3.88. The molecule has 0 aromatic heterocycles. The summed E-state index contributed by atoms with van der Waals surface area (Å²) in [5.74, 6) is -1.05. The molecule has 1 N–H and O–H groups in total. The van der Waals surface area contributed by atoms with Gasteiger partial charge in [0.25, 0.3) is 17.5 Å². The number of hydrogen-bond acceptors (Lipinski definition) is 8. The smallest absolute Gasteiger partial charge is 0.348 e. The number of esters is 3. The van der Waals surface area contributed by atoms with Gasteiger partial charge in [0.15, 0.2) is 0 Å². The lowest BCUT2D eigenvalue weighted by atomic mass is 9.53. The zero-order valence-corrected chi connectivity index (χ0v) is 23.0. The Morgan fingerprint density at radius 2 is 0.951 bits per heavy atom. The molecule has 0 radical (unpaired) electrons. The zero-order chi connectivity index (χ0) is 27.9. The van der Waals surface area contributed by atoms with Gasteiger partial charge in [-0.05, 0) is 100 Å². The predicted octanol–water partition coefficient (Wildman–Crippen LogP) is 5.33. The highest BCUT2D eigenvalue weighted by Gasteiger charge is 2.65. The second-order valence-electron chi connectivity index (χ2n) is 13.8. The molecule has 41 heavy (non-hydrogen) atoms. The SMILES string of the molecule is O=C1OC2(OC(=O)C1=CC=CC=CC=CC1=C(O)OC3(OC1=O)C1CC4CC(C1)CC3C4)C1CC3CC(C1)CC2C3. The maximum Gasteiger partial charge on any atom is 0.348 e. The highest BCUT2D eigenvalue weighted by molar-refractivity contribution is 6.15. The zero-order valence-electron chi connectivity index (χ0n) is 23.0. The van der Waals surface area contributed by atoms with E-state index >= 15 is 0 Å². The van der Waals surface area contributed by atoms with Gasteiger partial charge >= 0.3 is 17.9 Å². The Morgan fingerprint density at radius 3 is 1.44 bits per heavy atom. The molecule has 0 aromatic carbocycles. The van der Waals surface area contributed by atoms with Gasteiger partial charge in [-0.1, -0.05) is 30.4 Å². The molecule has 10 rings (SSSR count). The first-order valence-electron chi connectivity index (χ1n) is 15.4. The van der Waals surface area contributed by atoms with Crippen molar-refractivity contribution in [2.75, 3.05) is 0 Å². The van der Waals surface area contributed by atoms with Gasteiger partial charge in [-0.3, -0.25) is 0 Å². The summed E-state index contributed by atoms with van der Waals surface area (Å²) in [5.41, 5.74) is -0.118. The first kappa shape index (κ1) is 25.4. The van der Waals surface area contributed by atoms with Gasteiger partial charge in [0.05, 0.1) is 0 Å². The molecule has 216 valence electrons. The average molecular weight is 561 g/mol. The highest BCUT2D eigenvalue weighted by Crippen LogP contribution is 2.62. The maximum atomic E-state index is 12.9. The Bertz CT molecular complexity index is 1270. The minimum atomic E-state index is -1.08. The van der Waals surface area contributed by atoms with Gasteiger partial charge in [0, 0.05) is 23.7 Å². The van der Waals surface area contributed by atoms with Crippen LogP contribution in [0.5, 0.6) is 0 Å². The topological polar surface area (TPSA) is 108 Å². The monoisotopic (exact) mass is 560 g/mol. The van der Waals surface area contributed by atoms with Crippen molar-refractivity contribution in [1.82, 2.24) is 0 Å². The fraction of sp³-hybridized carbons (Fsp3) is 0.606.